The number of carbonyl (C=O) groups excluding carboxylic acids is 2. The van der Waals surface area contributed by atoms with E-state index >= 15 is 0 Å². The number of esters is 2. The summed E-state index contributed by atoms with van der Waals surface area (Å²) in [7, 11) is 1.46. The second-order valence-electron chi connectivity index (χ2n) is 13.2. The van der Waals surface area contributed by atoms with Crippen LogP contribution >= 0.6 is 0 Å². The first-order valence-electron chi connectivity index (χ1n) is 17.0. The summed E-state index contributed by atoms with van der Waals surface area (Å²) in [5, 5.41) is 65.0. The molecule has 17 nitrogen and oxygen atoms in total. The van der Waals surface area contributed by atoms with Gasteiger partial charge in [0.1, 0.15) is 71.4 Å². The molecule has 2 fully saturated rings. The zero-order valence-corrected chi connectivity index (χ0v) is 30.3. The van der Waals surface area contributed by atoms with Gasteiger partial charge in [0.05, 0.1) is 13.2 Å². The maximum atomic E-state index is 14.3. The Kier molecular flexibility index (Phi) is 12.5. The molecule has 3 aromatic rings. The van der Waals surface area contributed by atoms with Gasteiger partial charge < -0.3 is 68.2 Å². The molecule has 0 bridgehead atoms. The van der Waals surface area contributed by atoms with Crippen molar-refractivity contribution in [1.82, 2.24) is 0 Å². The largest absolute Gasteiger partial charge is 0.507 e. The van der Waals surface area contributed by atoms with Crippen LogP contribution in [0.3, 0.4) is 0 Å². The number of methoxy groups -OCH3 is 1. The molecule has 1 aromatic heterocycles. The van der Waals surface area contributed by atoms with Gasteiger partial charge in [0, 0.05) is 31.0 Å². The van der Waals surface area contributed by atoms with Crippen LogP contribution in [0.25, 0.3) is 22.3 Å². The van der Waals surface area contributed by atoms with E-state index in [2.05, 4.69) is 0 Å². The SMILES string of the molecule is COc1ccc(-c2oc3c(CC=C(C)C)c(O)cc(O)c3c(=O)c2O[C@H]2O[C@H](C)[C@@H](OC(C)=O)[C@H](O[C@H]3O[C@@H](COC(C)=O)[C@H](O)[C@@H](O)[C@@H]3O)[C@@H]2O)cc1. The normalized spacial score (nSPS) is 28.3. The Bertz CT molecular complexity index is 1920. The number of hydrogen-bond donors (Lipinski definition) is 6. The summed E-state index contributed by atoms with van der Waals surface area (Å²) >= 11 is 0. The zero-order chi connectivity index (χ0) is 39.6. The maximum absolute atomic E-state index is 14.3. The molecule has 0 saturated carbocycles. The number of fused-ring (bicyclic) bond motifs is 1. The van der Waals surface area contributed by atoms with E-state index in [9.17, 15) is 45.0 Å². The number of allylic oxidation sites excluding steroid dienone is 2. The van der Waals surface area contributed by atoms with Crippen molar-refractivity contribution in [3.8, 4) is 34.3 Å². The third-order valence-corrected chi connectivity index (χ3v) is 8.95. The van der Waals surface area contributed by atoms with E-state index in [0.717, 1.165) is 25.5 Å². The van der Waals surface area contributed by atoms with Crippen molar-refractivity contribution in [2.24, 2.45) is 0 Å². The third kappa shape index (κ3) is 8.47. The molecule has 0 amide bonds. The molecular formula is C37H44O17. The van der Waals surface area contributed by atoms with E-state index in [4.69, 9.17) is 37.6 Å². The molecule has 0 spiro atoms. The van der Waals surface area contributed by atoms with Crippen molar-refractivity contribution in [1.29, 1.82) is 0 Å². The number of phenolic OH excluding ortho intramolecular Hbond substituents is 2. The third-order valence-electron chi connectivity index (χ3n) is 8.95. The molecule has 0 unspecified atom stereocenters. The van der Waals surface area contributed by atoms with Crippen LogP contribution in [0.5, 0.6) is 23.0 Å². The quantitative estimate of drug-likeness (QED) is 0.120. The Balaban J connectivity index is 1.59. The molecule has 3 heterocycles. The minimum absolute atomic E-state index is 0.129. The lowest BCUT2D eigenvalue weighted by Gasteiger charge is -2.46. The fourth-order valence-electron chi connectivity index (χ4n) is 6.15. The van der Waals surface area contributed by atoms with Crippen molar-refractivity contribution < 1.29 is 77.8 Å². The van der Waals surface area contributed by atoms with E-state index < -0.39 is 96.9 Å². The van der Waals surface area contributed by atoms with Crippen LogP contribution in [0.2, 0.25) is 0 Å². The zero-order valence-electron chi connectivity index (χ0n) is 30.3. The van der Waals surface area contributed by atoms with Gasteiger partial charge in [-0.15, -0.1) is 0 Å². The van der Waals surface area contributed by atoms with Crippen LogP contribution in [0.15, 0.2) is 51.2 Å². The topological polar surface area (TPSA) is 250 Å². The Morgan fingerprint density at radius 1 is 0.852 bits per heavy atom. The lowest BCUT2D eigenvalue weighted by molar-refractivity contribution is -0.351. The fourth-order valence-corrected chi connectivity index (χ4v) is 6.15. The number of aliphatic hydroxyl groups is 4. The van der Waals surface area contributed by atoms with Gasteiger partial charge in [0.15, 0.2) is 18.2 Å². The number of rotatable bonds is 11. The van der Waals surface area contributed by atoms with Crippen molar-refractivity contribution in [2.75, 3.05) is 13.7 Å². The molecule has 0 radical (unpaired) electrons. The van der Waals surface area contributed by atoms with Gasteiger partial charge >= 0.3 is 11.9 Å². The predicted molar refractivity (Wildman–Crippen MR) is 186 cm³/mol. The summed E-state index contributed by atoms with van der Waals surface area (Å²) in [4.78, 5) is 37.9. The fraction of sp³-hybridized carbons (Fsp3) is 0.486. The van der Waals surface area contributed by atoms with Gasteiger partial charge in [-0.1, -0.05) is 11.6 Å². The Hall–Kier alpha value is -4.75. The number of ether oxygens (including phenoxy) is 7. The van der Waals surface area contributed by atoms with Crippen molar-refractivity contribution >= 4 is 22.9 Å². The molecule has 0 aliphatic carbocycles. The maximum Gasteiger partial charge on any atom is 0.303 e. The van der Waals surface area contributed by atoms with E-state index in [1.54, 1.807) is 30.3 Å². The highest BCUT2D eigenvalue weighted by Crippen LogP contribution is 2.41. The van der Waals surface area contributed by atoms with E-state index in [-0.39, 0.29) is 40.0 Å². The number of aliphatic hydroxyl groups excluding tert-OH is 4. The first-order valence-corrected chi connectivity index (χ1v) is 17.0. The van der Waals surface area contributed by atoms with E-state index in [1.165, 1.54) is 14.0 Å². The second-order valence-corrected chi connectivity index (χ2v) is 13.2. The van der Waals surface area contributed by atoms with Crippen molar-refractivity contribution in [3.63, 3.8) is 0 Å². The van der Waals surface area contributed by atoms with Gasteiger partial charge in [-0.25, -0.2) is 0 Å². The molecule has 2 saturated heterocycles. The minimum atomic E-state index is -1.93. The van der Waals surface area contributed by atoms with Crippen molar-refractivity contribution in [2.45, 2.75) is 102 Å². The Morgan fingerprint density at radius 3 is 2.15 bits per heavy atom. The van der Waals surface area contributed by atoms with Gasteiger partial charge in [0.25, 0.3) is 0 Å². The molecule has 2 aliphatic rings. The molecule has 2 aliphatic heterocycles. The molecule has 6 N–H and O–H groups in total. The first kappa shape index (κ1) is 40.4. The predicted octanol–water partition coefficient (Wildman–Crippen LogP) is 1.56. The van der Waals surface area contributed by atoms with Crippen LogP contribution < -0.4 is 14.9 Å². The first-order chi connectivity index (χ1) is 25.5. The highest BCUT2D eigenvalue weighted by molar-refractivity contribution is 5.91. The molecule has 17 heteroatoms. The number of carbonyl (C=O) groups is 2. The number of aromatic hydroxyl groups is 2. The highest BCUT2D eigenvalue weighted by Gasteiger charge is 2.52. The van der Waals surface area contributed by atoms with Crippen LogP contribution in [-0.2, 0) is 39.7 Å². The average Bonchev–Trinajstić information content (AvgIpc) is 3.11. The second kappa shape index (κ2) is 16.7. The summed E-state index contributed by atoms with van der Waals surface area (Å²) < 4.78 is 45.5. The summed E-state index contributed by atoms with van der Waals surface area (Å²) in [5.41, 5.74) is 0.363. The Morgan fingerprint density at radius 2 is 1.54 bits per heavy atom. The van der Waals surface area contributed by atoms with Crippen LogP contribution in [0, 0.1) is 0 Å². The summed E-state index contributed by atoms with van der Waals surface area (Å²) in [6, 6.07) is 7.30. The molecule has 294 valence electrons. The van der Waals surface area contributed by atoms with Crippen LogP contribution in [0.1, 0.15) is 40.2 Å². The standard InChI is InChI=1S/C37H44O17/c1-15(2)7-12-21-22(40)13-23(41)25-27(43)34(32(52-33(21)25)19-8-10-20(47-6)11-9-19)53-37-30(46)35(31(16(3)49-37)50-18(5)39)54-36-29(45)28(44)26(42)24(51-36)14-48-17(4)38/h7-11,13,16,24,26,28-31,35-37,40-42,44-46H,12,14H2,1-6H3/t16-,24+,26+,28-,29+,30+,31-,35-,36-,37-/m1/s1. The highest BCUT2D eigenvalue weighted by atomic mass is 16.7. The van der Waals surface area contributed by atoms with Gasteiger partial charge in [-0.05, 0) is 51.5 Å². The van der Waals surface area contributed by atoms with Gasteiger partial charge in [-0.3, -0.25) is 14.4 Å². The lowest BCUT2D eigenvalue weighted by atomic mass is 9.97. The van der Waals surface area contributed by atoms with Gasteiger partial charge in [-0.2, -0.15) is 0 Å². The summed E-state index contributed by atoms with van der Waals surface area (Å²) in [6.07, 6.45) is -14.6. The van der Waals surface area contributed by atoms with Crippen molar-refractivity contribution in [3.05, 3.63) is 57.8 Å². The van der Waals surface area contributed by atoms with E-state index in [0.29, 0.717) is 5.75 Å². The minimum Gasteiger partial charge on any atom is -0.507 e. The number of phenols is 2. The monoisotopic (exact) mass is 760 g/mol. The molecule has 5 rings (SSSR count). The van der Waals surface area contributed by atoms with Gasteiger partial charge in [0.2, 0.25) is 17.5 Å². The average molecular weight is 761 g/mol. The smallest absolute Gasteiger partial charge is 0.303 e. The summed E-state index contributed by atoms with van der Waals surface area (Å²) in [5.74, 6) is -2.70. The van der Waals surface area contributed by atoms with E-state index in [1.807, 2.05) is 13.8 Å². The summed E-state index contributed by atoms with van der Waals surface area (Å²) in [6.45, 7) is 6.82. The lowest BCUT2D eigenvalue weighted by Crippen LogP contribution is -2.65. The Labute approximate surface area is 308 Å². The van der Waals surface area contributed by atoms with Crippen LogP contribution in [-0.4, -0.2) is 118 Å². The molecule has 54 heavy (non-hydrogen) atoms. The number of benzene rings is 2. The van der Waals surface area contributed by atoms with Crippen LogP contribution in [0.4, 0.5) is 0 Å². The molecule has 10 atom stereocenters. The number of hydrogen-bond acceptors (Lipinski definition) is 17. The molecule has 2 aromatic carbocycles. The molecular weight excluding hydrogens is 716 g/mol.